The third-order valence-electron chi connectivity index (χ3n) is 8.22. The quantitative estimate of drug-likeness (QED) is 0.0233. The van der Waals surface area contributed by atoms with Crippen molar-refractivity contribution in [3.63, 3.8) is 0 Å². The lowest BCUT2D eigenvalue weighted by Gasteiger charge is -2.20. The van der Waals surface area contributed by atoms with Gasteiger partial charge >= 0.3 is 25.7 Å². The number of carboxylic acids is 1. The topological polar surface area (TPSA) is 172 Å². The van der Waals surface area contributed by atoms with E-state index in [1.807, 2.05) is 18.2 Å². The molecule has 0 aromatic heterocycles. The van der Waals surface area contributed by atoms with Gasteiger partial charge in [0.1, 0.15) is 12.6 Å². The van der Waals surface area contributed by atoms with Gasteiger partial charge in [-0.2, -0.15) is 0 Å². The van der Waals surface area contributed by atoms with Gasteiger partial charge in [-0.15, -0.1) is 0 Å². The highest BCUT2D eigenvalue weighted by molar-refractivity contribution is 7.47. The van der Waals surface area contributed by atoms with Crippen LogP contribution in [0.1, 0.15) is 129 Å². The lowest BCUT2D eigenvalue weighted by Crippen LogP contribution is -2.34. The van der Waals surface area contributed by atoms with Crippen LogP contribution >= 0.6 is 7.82 Å². The molecule has 0 heterocycles. The van der Waals surface area contributed by atoms with E-state index in [0.29, 0.717) is 19.3 Å². The van der Waals surface area contributed by atoms with Gasteiger partial charge < -0.3 is 25.2 Å². The van der Waals surface area contributed by atoms with Gasteiger partial charge in [0, 0.05) is 12.8 Å². The minimum atomic E-state index is -4.75. The summed E-state index contributed by atoms with van der Waals surface area (Å²) in [6, 6.07) is -1.54. The first-order valence-corrected chi connectivity index (χ1v) is 23.1. The lowest BCUT2D eigenvalue weighted by atomic mass is 10.1. The van der Waals surface area contributed by atoms with E-state index in [2.05, 4.69) is 122 Å². The van der Waals surface area contributed by atoms with Crippen LogP contribution in [-0.4, -0.2) is 59.9 Å². The molecule has 0 aromatic carbocycles. The van der Waals surface area contributed by atoms with Crippen LogP contribution in [0.25, 0.3) is 0 Å². The number of esters is 2. The van der Waals surface area contributed by atoms with Gasteiger partial charge in [0.25, 0.3) is 0 Å². The van der Waals surface area contributed by atoms with Crippen molar-refractivity contribution < 1.29 is 47.5 Å². The second kappa shape index (κ2) is 41.6. The maximum absolute atomic E-state index is 12.6. The first kappa shape index (κ1) is 55.9. The van der Waals surface area contributed by atoms with Gasteiger partial charge in [-0.3, -0.25) is 23.4 Å². The van der Waals surface area contributed by atoms with Crippen LogP contribution in [0.4, 0.5) is 0 Å². The number of rotatable bonds is 38. The first-order valence-electron chi connectivity index (χ1n) is 21.6. The predicted octanol–water partition coefficient (Wildman–Crippen LogP) is 11.6. The number of hydrogen-bond acceptors (Lipinski definition) is 9. The zero-order chi connectivity index (χ0) is 44.2. The Morgan fingerprint density at radius 1 is 0.517 bits per heavy atom. The molecule has 0 amide bonds. The SMILES string of the molecule is CC/C=C\C/C=C\C/C=C\C/C=C\C/C=C\C/C=C\CCC(=O)O[C@H](COC(=O)CCCCCC/C=C\C/C=C\C/C=C\C/C=C\CC)COP(=O)(O)OC[C@H](N)C(=O)O. The molecule has 0 bridgehead atoms. The van der Waals surface area contributed by atoms with Gasteiger partial charge in [0.15, 0.2) is 6.10 Å². The Labute approximate surface area is 360 Å². The van der Waals surface area contributed by atoms with Gasteiger partial charge in [-0.1, -0.05) is 148 Å². The summed E-state index contributed by atoms with van der Waals surface area (Å²) in [4.78, 5) is 45.9. The summed E-state index contributed by atoms with van der Waals surface area (Å²) in [7, 11) is -4.75. The van der Waals surface area contributed by atoms with Crippen molar-refractivity contribution in [1.29, 1.82) is 0 Å². The van der Waals surface area contributed by atoms with Crippen LogP contribution in [0.2, 0.25) is 0 Å². The Morgan fingerprint density at radius 2 is 0.917 bits per heavy atom. The third kappa shape index (κ3) is 40.7. The molecule has 11 nitrogen and oxygen atoms in total. The fraction of sp³-hybridized carbons (Fsp3) is 0.521. The maximum Gasteiger partial charge on any atom is 0.472 e. The fourth-order valence-corrected chi connectivity index (χ4v) is 5.68. The smallest absolute Gasteiger partial charge is 0.472 e. The summed E-state index contributed by atoms with van der Waals surface area (Å²) in [5.74, 6) is -2.54. The number of carboxylic acid groups (broad SMARTS) is 1. The van der Waals surface area contributed by atoms with Gasteiger partial charge in [0.05, 0.1) is 13.2 Å². The lowest BCUT2D eigenvalue weighted by molar-refractivity contribution is -0.161. The molecular weight excluding hydrogens is 781 g/mol. The number of phosphoric ester groups is 1. The highest BCUT2D eigenvalue weighted by Crippen LogP contribution is 2.43. The average molecular weight is 856 g/mol. The monoisotopic (exact) mass is 856 g/mol. The first-order chi connectivity index (χ1) is 29.1. The molecule has 3 atom stereocenters. The fourth-order valence-electron chi connectivity index (χ4n) is 4.90. The standard InChI is InChI=1S/C48H74NO10P/c1-3-5-7-9-11-13-15-17-19-21-22-24-26-28-30-32-34-36-38-40-47(51)59-44(42-57-60(54,55)58-43-45(49)48(52)53)41-56-46(50)39-37-35-33-31-29-27-25-23-20-18-16-14-12-10-8-6-4-2/h5-8,11-14,17-20,22,24-25,27-28,30,34,36,44-45H,3-4,9-10,15-16,21,23,26,29,31-33,35,37-43,49H2,1-2H3,(H,52,53)(H,54,55)/b7-5-,8-6-,13-11-,14-12-,19-17-,20-18-,24-22-,27-25-,30-28-,36-34-/t44-,45+/m1/s1. The van der Waals surface area contributed by atoms with Crippen LogP contribution in [0, 0.1) is 0 Å². The van der Waals surface area contributed by atoms with E-state index in [9.17, 15) is 23.8 Å². The molecule has 0 aliphatic carbocycles. The summed E-state index contributed by atoms with van der Waals surface area (Å²) in [6.07, 6.45) is 55.6. The Hall–Kier alpha value is -4.12. The normalized spacial score (nSPS) is 14.9. The van der Waals surface area contributed by atoms with Crippen LogP contribution < -0.4 is 5.73 Å². The number of ether oxygens (including phenoxy) is 2. The Kier molecular flexibility index (Phi) is 38.8. The summed E-state index contributed by atoms with van der Waals surface area (Å²) >= 11 is 0. The molecule has 0 aliphatic heterocycles. The van der Waals surface area contributed by atoms with Crippen molar-refractivity contribution in [1.82, 2.24) is 0 Å². The molecule has 0 radical (unpaired) electrons. The maximum atomic E-state index is 12.6. The van der Waals surface area contributed by atoms with E-state index in [-0.39, 0.29) is 12.8 Å². The Morgan fingerprint density at radius 3 is 1.37 bits per heavy atom. The molecule has 0 rings (SSSR count). The van der Waals surface area contributed by atoms with Crippen molar-refractivity contribution >= 4 is 25.7 Å². The largest absolute Gasteiger partial charge is 0.480 e. The van der Waals surface area contributed by atoms with E-state index in [0.717, 1.165) is 83.5 Å². The van der Waals surface area contributed by atoms with E-state index < -0.39 is 57.7 Å². The Bertz CT molecular complexity index is 1470. The van der Waals surface area contributed by atoms with E-state index in [4.69, 9.17) is 24.8 Å². The van der Waals surface area contributed by atoms with Crippen LogP contribution in [0.3, 0.4) is 0 Å². The molecule has 0 aromatic rings. The molecule has 1 unspecified atom stereocenters. The number of phosphoric acid groups is 1. The van der Waals surface area contributed by atoms with Crippen molar-refractivity contribution in [2.75, 3.05) is 19.8 Å². The van der Waals surface area contributed by atoms with Gasteiger partial charge in [-0.25, -0.2) is 4.57 Å². The second-order valence-corrected chi connectivity index (χ2v) is 15.2. The van der Waals surface area contributed by atoms with Crippen LogP contribution in [0.5, 0.6) is 0 Å². The molecule has 12 heteroatoms. The van der Waals surface area contributed by atoms with Crippen molar-refractivity contribution in [2.24, 2.45) is 5.73 Å². The molecule has 0 spiro atoms. The highest BCUT2D eigenvalue weighted by atomic mass is 31.2. The predicted molar refractivity (Wildman–Crippen MR) is 244 cm³/mol. The number of hydrogen-bond donors (Lipinski definition) is 3. The number of carbonyl (C=O) groups excluding carboxylic acids is 2. The zero-order valence-electron chi connectivity index (χ0n) is 36.2. The van der Waals surface area contributed by atoms with Crippen molar-refractivity contribution in [3.05, 3.63) is 122 Å². The zero-order valence-corrected chi connectivity index (χ0v) is 37.1. The Balaban J connectivity index is 4.57. The number of carbonyl (C=O) groups is 3. The molecule has 0 aliphatic rings. The molecule has 0 fully saturated rings. The molecule has 60 heavy (non-hydrogen) atoms. The number of nitrogens with two attached hydrogens (primary N) is 1. The van der Waals surface area contributed by atoms with Crippen molar-refractivity contribution in [2.45, 2.75) is 142 Å². The van der Waals surface area contributed by atoms with E-state index in [1.54, 1.807) is 0 Å². The minimum Gasteiger partial charge on any atom is -0.480 e. The van der Waals surface area contributed by atoms with Gasteiger partial charge in [0.2, 0.25) is 0 Å². The molecular formula is C48H74NO10P. The van der Waals surface area contributed by atoms with Crippen LogP contribution in [-0.2, 0) is 37.5 Å². The van der Waals surface area contributed by atoms with Gasteiger partial charge in [-0.05, 0) is 89.9 Å². The molecule has 4 N–H and O–H groups in total. The summed E-state index contributed by atoms with van der Waals surface area (Å²) in [5, 5.41) is 8.89. The van der Waals surface area contributed by atoms with E-state index in [1.165, 1.54) is 0 Å². The molecule has 336 valence electrons. The van der Waals surface area contributed by atoms with Crippen molar-refractivity contribution in [3.8, 4) is 0 Å². The highest BCUT2D eigenvalue weighted by Gasteiger charge is 2.28. The third-order valence-corrected chi connectivity index (χ3v) is 9.17. The molecule has 0 saturated carbocycles. The van der Waals surface area contributed by atoms with E-state index >= 15 is 0 Å². The second-order valence-electron chi connectivity index (χ2n) is 13.7. The van der Waals surface area contributed by atoms with Crippen LogP contribution in [0.15, 0.2) is 122 Å². The summed E-state index contributed by atoms with van der Waals surface area (Å²) in [5.41, 5.74) is 5.33. The number of allylic oxidation sites excluding steroid dienone is 20. The number of aliphatic carboxylic acids is 1. The average Bonchev–Trinajstić information content (AvgIpc) is 3.22. The summed E-state index contributed by atoms with van der Waals surface area (Å²) < 4.78 is 32.6. The number of unbranched alkanes of at least 4 members (excludes halogenated alkanes) is 4. The minimum absolute atomic E-state index is 0.0221. The molecule has 0 saturated heterocycles. The summed E-state index contributed by atoms with van der Waals surface area (Å²) in [6.45, 7) is 2.44.